The Morgan fingerprint density at radius 3 is 2.67 bits per heavy atom. The summed E-state index contributed by atoms with van der Waals surface area (Å²) in [6.07, 6.45) is 4.49. The Morgan fingerprint density at radius 1 is 1.67 bits per heavy atom. The third kappa shape index (κ3) is 1.54. The molecule has 0 fully saturated rings. The SMILES string of the molecule is NC1=CCC(N)(F)C=C1. The largest absolute Gasteiger partial charge is 0.399 e. The lowest BCUT2D eigenvalue weighted by Gasteiger charge is -2.16. The summed E-state index contributed by atoms with van der Waals surface area (Å²) in [5.41, 5.74) is 11.0. The van der Waals surface area contributed by atoms with Crippen LogP contribution in [-0.2, 0) is 0 Å². The number of rotatable bonds is 0. The smallest absolute Gasteiger partial charge is 0.181 e. The second-order valence-electron chi connectivity index (χ2n) is 2.17. The third-order valence-corrected chi connectivity index (χ3v) is 1.20. The molecule has 1 rings (SSSR count). The highest BCUT2D eigenvalue weighted by Gasteiger charge is 2.20. The van der Waals surface area contributed by atoms with Crippen molar-refractivity contribution in [1.29, 1.82) is 0 Å². The van der Waals surface area contributed by atoms with E-state index in [2.05, 4.69) is 0 Å². The molecule has 0 saturated heterocycles. The lowest BCUT2D eigenvalue weighted by atomic mass is 10.1. The van der Waals surface area contributed by atoms with Gasteiger partial charge in [-0.15, -0.1) is 0 Å². The van der Waals surface area contributed by atoms with Crippen LogP contribution in [0.25, 0.3) is 0 Å². The minimum Gasteiger partial charge on any atom is -0.399 e. The Balaban J connectivity index is 2.70. The standard InChI is InChI=1S/C6H9FN2/c7-6(9)3-1-5(8)2-4-6/h1-3H,4,8-9H2. The molecule has 0 spiro atoms. The maximum Gasteiger partial charge on any atom is 0.181 e. The van der Waals surface area contributed by atoms with Crippen LogP contribution in [0.2, 0.25) is 0 Å². The van der Waals surface area contributed by atoms with Gasteiger partial charge < -0.3 is 5.73 Å². The number of hydrogen-bond acceptors (Lipinski definition) is 2. The first-order valence-corrected chi connectivity index (χ1v) is 2.73. The van der Waals surface area contributed by atoms with Crippen LogP contribution in [0.15, 0.2) is 23.9 Å². The van der Waals surface area contributed by atoms with Gasteiger partial charge in [0.25, 0.3) is 0 Å². The Labute approximate surface area is 53.0 Å². The molecule has 0 heterocycles. The highest BCUT2D eigenvalue weighted by molar-refractivity contribution is 5.23. The van der Waals surface area contributed by atoms with Crippen molar-refractivity contribution in [3.05, 3.63) is 23.9 Å². The van der Waals surface area contributed by atoms with Crippen LogP contribution < -0.4 is 11.5 Å². The van der Waals surface area contributed by atoms with Gasteiger partial charge in [-0.2, -0.15) is 0 Å². The number of allylic oxidation sites excluding steroid dienone is 1. The maximum atomic E-state index is 12.6. The molecule has 50 valence electrons. The third-order valence-electron chi connectivity index (χ3n) is 1.20. The van der Waals surface area contributed by atoms with Gasteiger partial charge in [-0.3, -0.25) is 5.73 Å². The second-order valence-corrected chi connectivity index (χ2v) is 2.17. The van der Waals surface area contributed by atoms with Crippen molar-refractivity contribution in [1.82, 2.24) is 0 Å². The van der Waals surface area contributed by atoms with Gasteiger partial charge in [-0.25, -0.2) is 4.39 Å². The van der Waals surface area contributed by atoms with E-state index in [0.717, 1.165) is 0 Å². The van der Waals surface area contributed by atoms with E-state index in [0.29, 0.717) is 5.70 Å². The van der Waals surface area contributed by atoms with E-state index in [4.69, 9.17) is 11.5 Å². The van der Waals surface area contributed by atoms with Crippen molar-refractivity contribution < 1.29 is 4.39 Å². The highest BCUT2D eigenvalue weighted by atomic mass is 19.1. The molecule has 0 aromatic heterocycles. The molecule has 0 saturated carbocycles. The van der Waals surface area contributed by atoms with E-state index in [-0.39, 0.29) is 6.42 Å². The molecule has 1 aliphatic carbocycles. The van der Waals surface area contributed by atoms with Gasteiger partial charge >= 0.3 is 0 Å². The number of alkyl halides is 1. The summed E-state index contributed by atoms with van der Waals surface area (Å²) < 4.78 is 12.6. The predicted octanol–water partition coefficient (Wildman–Crippen LogP) is 0.413. The normalized spacial score (nSPS) is 34.2. The van der Waals surface area contributed by atoms with Crippen molar-refractivity contribution in [2.24, 2.45) is 11.5 Å². The molecule has 4 N–H and O–H groups in total. The van der Waals surface area contributed by atoms with Gasteiger partial charge in [0.15, 0.2) is 5.79 Å². The fraction of sp³-hybridized carbons (Fsp3) is 0.333. The summed E-state index contributed by atoms with van der Waals surface area (Å²) in [6.45, 7) is 0. The summed E-state index contributed by atoms with van der Waals surface area (Å²) in [4.78, 5) is 0. The average Bonchev–Trinajstić information content (AvgIpc) is 1.78. The molecule has 0 amide bonds. The minimum absolute atomic E-state index is 0.176. The molecule has 1 aliphatic rings. The molecule has 0 aromatic carbocycles. The van der Waals surface area contributed by atoms with Crippen LogP contribution in [0.3, 0.4) is 0 Å². The minimum atomic E-state index is -1.68. The van der Waals surface area contributed by atoms with Gasteiger partial charge in [0.2, 0.25) is 0 Å². The van der Waals surface area contributed by atoms with Crippen LogP contribution in [0.5, 0.6) is 0 Å². The Morgan fingerprint density at radius 2 is 2.33 bits per heavy atom. The quantitative estimate of drug-likeness (QED) is 0.464. The monoisotopic (exact) mass is 128 g/mol. The predicted molar refractivity (Wildman–Crippen MR) is 34.1 cm³/mol. The first-order chi connectivity index (χ1) is 4.10. The van der Waals surface area contributed by atoms with E-state index in [1.165, 1.54) is 12.2 Å². The topological polar surface area (TPSA) is 52.0 Å². The number of halogens is 1. The molecule has 1 unspecified atom stereocenters. The van der Waals surface area contributed by atoms with E-state index in [1.54, 1.807) is 6.08 Å². The van der Waals surface area contributed by atoms with Crippen molar-refractivity contribution in [2.45, 2.75) is 12.2 Å². The Hall–Kier alpha value is -0.830. The summed E-state index contributed by atoms with van der Waals surface area (Å²) in [5, 5.41) is 0. The Bertz CT molecular complexity index is 170. The van der Waals surface area contributed by atoms with Crippen molar-refractivity contribution >= 4 is 0 Å². The maximum absolute atomic E-state index is 12.6. The molecule has 0 radical (unpaired) electrons. The van der Waals surface area contributed by atoms with Crippen molar-refractivity contribution in [2.75, 3.05) is 0 Å². The highest BCUT2D eigenvalue weighted by Crippen LogP contribution is 2.16. The zero-order valence-electron chi connectivity index (χ0n) is 4.97. The molecular weight excluding hydrogens is 119 g/mol. The molecule has 9 heavy (non-hydrogen) atoms. The fourth-order valence-corrected chi connectivity index (χ4v) is 0.645. The Kier molecular flexibility index (Phi) is 1.29. The van der Waals surface area contributed by atoms with Crippen LogP contribution in [0.1, 0.15) is 6.42 Å². The van der Waals surface area contributed by atoms with Gasteiger partial charge in [-0.1, -0.05) is 6.08 Å². The molecule has 3 heteroatoms. The van der Waals surface area contributed by atoms with Gasteiger partial charge in [0.1, 0.15) is 0 Å². The lowest BCUT2D eigenvalue weighted by molar-refractivity contribution is 0.241. The summed E-state index contributed by atoms with van der Waals surface area (Å²) in [5.74, 6) is -1.68. The summed E-state index contributed by atoms with van der Waals surface area (Å²) >= 11 is 0. The van der Waals surface area contributed by atoms with Crippen LogP contribution >= 0.6 is 0 Å². The van der Waals surface area contributed by atoms with Gasteiger partial charge in [-0.05, 0) is 12.2 Å². The zero-order valence-corrected chi connectivity index (χ0v) is 4.97. The van der Waals surface area contributed by atoms with E-state index < -0.39 is 5.79 Å². The summed E-state index contributed by atoms with van der Waals surface area (Å²) in [7, 11) is 0. The zero-order chi connectivity index (χ0) is 6.91. The molecule has 0 aromatic rings. The van der Waals surface area contributed by atoms with E-state index >= 15 is 0 Å². The van der Waals surface area contributed by atoms with Crippen molar-refractivity contribution in [3.8, 4) is 0 Å². The van der Waals surface area contributed by atoms with Crippen LogP contribution in [0, 0.1) is 0 Å². The number of hydrogen-bond donors (Lipinski definition) is 2. The molecule has 0 aliphatic heterocycles. The molecule has 2 nitrogen and oxygen atoms in total. The van der Waals surface area contributed by atoms with E-state index in [1.807, 2.05) is 0 Å². The first kappa shape index (κ1) is 6.29. The van der Waals surface area contributed by atoms with Crippen LogP contribution in [0.4, 0.5) is 4.39 Å². The summed E-state index contributed by atoms with van der Waals surface area (Å²) in [6, 6.07) is 0. The fourth-order valence-electron chi connectivity index (χ4n) is 0.645. The first-order valence-electron chi connectivity index (χ1n) is 2.73. The molecule has 1 atom stereocenters. The van der Waals surface area contributed by atoms with Crippen molar-refractivity contribution in [3.63, 3.8) is 0 Å². The van der Waals surface area contributed by atoms with Gasteiger partial charge in [0.05, 0.1) is 0 Å². The van der Waals surface area contributed by atoms with Crippen LogP contribution in [-0.4, -0.2) is 5.79 Å². The second kappa shape index (κ2) is 1.84. The lowest BCUT2D eigenvalue weighted by Crippen LogP contribution is -2.32. The average molecular weight is 128 g/mol. The molecular formula is C6H9FN2. The number of nitrogens with two attached hydrogens (primary N) is 2. The van der Waals surface area contributed by atoms with Gasteiger partial charge in [0, 0.05) is 12.1 Å². The molecule has 0 bridgehead atoms. The van der Waals surface area contributed by atoms with E-state index in [9.17, 15) is 4.39 Å².